The Morgan fingerprint density at radius 2 is 1.71 bits per heavy atom. The molecule has 0 atom stereocenters. The predicted octanol–water partition coefficient (Wildman–Crippen LogP) is 2.96. The fourth-order valence-corrected chi connectivity index (χ4v) is 2.18. The van der Waals surface area contributed by atoms with Gasteiger partial charge >= 0.3 is 12.1 Å². The van der Waals surface area contributed by atoms with Gasteiger partial charge in [0, 0.05) is 12.8 Å². The largest absolute Gasteiger partial charge is 0.480 e. The molecule has 0 aromatic carbocycles. The van der Waals surface area contributed by atoms with Crippen LogP contribution in [0.2, 0.25) is 0 Å². The summed E-state index contributed by atoms with van der Waals surface area (Å²) in [6.45, 7) is -1.37. The van der Waals surface area contributed by atoms with Gasteiger partial charge in [-0.2, -0.15) is 27.1 Å². The Balaban J connectivity index is 2.78. The number of halogens is 7. The van der Waals surface area contributed by atoms with E-state index in [9.17, 15) is 35.5 Å². The number of fused-ring (bicyclic) bond motifs is 1. The number of hydrogen-bond acceptors (Lipinski definition) is 2. The summed E-state index contributed by atoms with van der Waals surface area (Å²) in [5.41, 5.74) is -5.80. The van der Waals surface area contributed by atoms with Crippen molar-refractivity contribution in [1.29, 1.82) is 0 Å². The molecule has 0 fully saturated rings. The highest BCUT2D eigenvalue weighted by molar-refractivity contribution is 5.66. The van der Waals surface area contributed by atoms with E-state index in [4.69, 9.17) is 5.11 Å². The topological polar surface area (TPSA) is 55.1 Å². The number of carbonyl (C=O) groups is 1. The zero-order valence-corrected chi connectivity index (χ0v) is 10.0. The zero-order chi connectivity index (χ0) is 16.2. The Bertz CT molecular complexity index is 591. The van der Waals surface area contributed by atoms with Gasteiger partial charge in [0.2, 0.25) is 0 Å². The Morgan fingerprint density at radius 3 is 2.19 bits per heavy atom. The molecule has 0 spiro atoms. The number of alkyl halides is 7. The lowest BCUT2D eigenvalue weighted by Crippen LogP contribution is -2.33. The van der Waals surface area contributed by atoms with Crippen LogP contribution in [0.15, 0.2) is 0 Å². The lowest BCUT2D eigenvalue weighted by Gasteiger charge is -2.29. The summed E-state index contributed by atoms with van der Waals surface area (Å²) < 4.78 is 92.6. The van der Waals surface area contributed by atoms with Gasteiger partial charge in [-0.15, -0.1) is 0 Å². The third-order valence-electron chi connectivity index (χ3n) is 2.97. The van der Waals surface area contributed by atoms with Gasteiger partial charge in [-0.25, -0.2) is 8.78 Å². The number of carboxylic acid groups (broad SMARTS) is 1. The lowest BCUT2D eigenvalue weighted by atomic mass is 9.89. The van der Waals surface area contributed by atoms with Crippen molar-refractivity contribution in [1.82, 2.24) is 9.78 Å². The smallest absolute Gasteiger partial charge is 0.435 e. The minimum absolute atomic E-state index is 0.215. The highest BCUT2D eigenvalue weighted by Gasteiger charge is 2.57. The van der Waals surface area contributed by atoms with Crippen LogP contribution in [0.1, 0.15) is 29.8 Å². The van der Waals surface area contributed by atoms with Gasteiger partial charge in [0.1, 0.15) is 12.2 Å². The lowest BCUT2D eigenvalue weighted by molar-refractivity contribution is -0.149. The molecule has 2 rings (SSSR count). The fraction of sp³-hybridized carbons (Fsp3) is 0.600. The van der Waals surface area contributed by atoms with E-state index in [1.807, 2.05) is 0 Å². The van der Waals surface area contributed by atoms with Crippen LogP contribution < -0.4 is 0 Å². The van der Waals surface area contributed by atoms with Crippen LogP contribution in [0.25, 0.3) is 0 Å². The molecular formula is C10H7F7N2O2. The standard InChI is InChI=1S/C10H7F7N2O2/c11-8(12)1-2-9(13,14)7-5(8)6(10(15,16)17)18-19(7)3-4(20)21/h1-3H2,(H,20,21). The average Bonchev–Trinajstić information content (AvgIpc) is 2.65. The first-order chi connectivity index (χ1) is 9.36. The molecule has 0 aliphatic heterocycles. The third kappa shape index (κ3) is 2.56. The van der Waals surface area contributed by atoms with Gasteiger partial charge in [-0.05, 0) is 0 Å². The van der Waals surface area contributed by atoms with Gasteiger partial charge in [-0.1, -0.05) is 0 Å². The maximum atomic E-state index is 13.7. The van der Waals surface area contributed by atoms with Crippen LogP contribution in [-0.4, -0.2) is 20.9 Å². The van der Waals surface area contributed by atoms with E-state index in [0.717, 1.165) is 0 Å². The predicted molar refractivity (Wildman–Crippen MR) is 51.9 cm³/mol. The van der Waals surface area contributed by atoms with Gasteiger partial charge in [-0.3, -0.25) is 9.48 Å². The molecule has 4 nitrogen and oxygen atoms in total. The van der Waals surface area contributed by atoms with Crippen molar-refractivity contribution >= 4 is 5.97 Å². The van der Waals surface area contributed by atoms with Gasteiger partial charge in [0.15, 0.2) is 5.69 Å². The number of carboxylic acids is 1. The first kappa shape index (κ1) is 15.6. The molecule has 0 saturated carbocycles. The Morgan fingerprint density at radius 1 is 1.19 bits per heavy atom. The summed E-state index contributed by atoms with van der Waals surface area (Å²) in [4.78, 5) is 10.5. The van der Waals surface area contributed by atoms with Crippen LogP contribution in [0.5, 0.6) is 0 Å². The van der Waals surface area contributed by atoms with Gasteiger partial charge in [0.25, 0.3) is 11.8 Å². The van der Waals surface area contributed by atoms with E-state index in [1.54, 1.807) is 0 Å². The summed E-state index contributed by atoms with van der Waals surface area (Å²) in [6.07, 6.45) is -8.27. The van der Waals surface area contributed by atoms with E-state index in [2.05, 4.69) is 5.10 Å². The van der Waals surface area contributed by atoms with E-state index in [0.29, 0.717) is 0 Å². The van der Waals surface area contributed by atoms with Crippen molar-refractivity contribution in [3.05, 3.63) is 17.0 Å². The normalized spacial score (nSPS) is 20.1. The minimum Gasteiger partial charge on any atom is -0.480 e. The summed E-state index contributed by atoms with van der Waals surface area (Å²) in [6, 6.07) is 0. The molecule has 0 amide bonds. The van der Waals surface area contributed by atoms with Crippen LogP contribution in [0.3, 0.4) is 0 Å². The Labute approximate surface area is 112 Å². The summed E-state index contributed by atoms with van der Waals surface area (Å²) >= 11 is 0. The van der Waals surface area contributed by atoms with Crippen LogP contribution in [0.4, 0.5) is 30.7 Å². The minimum atomic E-state index is -5.40. The molecule has 1 aromatic heterocycles. The van der Waals surface area contributed by atoms with E-state index >= 15 is 0 Å². The molecule has 1 aliphatic rings. The van der Waals surface area contributed by atoms with E-state index in [-0.39, 0.29) is 4.68 Å². The number of nitrogens with zero attached hydrogens (tertiary/aromatic N) is 2. The van der Waals surface area contributed by atoms with Crippen molar-refractivity contribution in [2.24, 2.45) is 0 Å². The van der Waals surface area contributed by atoms with Crippen LogP contribution in [0, 0.1) is 0 Å². The second-order valence-corrected chi connectivity index (χ2v) is 4.53. The van der Waals surface area contributed by atoms with Gasteiger partial charge < -0.3 is 5.11 Å². The monoisotopic (exact) mass is 320 g/mol. The molecule has 0 saturated heterocycles. The van der Waals surface area contributed by atoms with Crippen molar-refractivity contribution < 1.29 is 40.6 Å². The van der Waals surface area contributed by atoms with Crippen molar-refractivity contribution in [2.45, 2.75) is 37.4 Å². The molecule has 118 valence electrons. The third-order valence-corrected chi connectivity index (χ3v) is 2.97. The maximum Gasteiger partial charge on any atom is 0.435 e. The molecule has 1 aliphatic carbocycles. The molecule has 0 bridgehead atoms. The zero-order valence-electron chi connectivity index (χ0n) is 10.0. The van der Waals surface area contributed by atoms with E-state index in [1.165, 1.54) is 0 Å². The first-order valence-electron chi connectivity index (χ1n) is 5.52. The maximum absolute atomic E-state index is 13.7. The van der Waals surface area contributed by atoms with E-state index < -0.39 is 60.3 Å². The second kappa shape index (κ2) is 4.34. The SMILES string of the molecule is O=C(O)Cn1nc(C(F)(F)F)c2c1C(F)(F)CCC2(F)F. The number of aliphatic carboxylic acids is 1. The molecular weight excluding hydrogens is 313 g/mol. The van der Waals surface area contributed by atoms with Crippen molar-refractivity contribution in [3.8, 4) is 0 Å². The first-order valence-corrected chi connectivity index (χ1v) is 5.52. The van der Waals surface area contributed by atoms with Gasteiger partial charge in [0.05, 0.1) is 5.56 Å². The number of rotatable bonds is 2. The quantitative estimate of drug-likeness (QED) is 0.853. The Hall–Kier alpha value is -1.81. The molecule has 0 unspecified atom stereocenters. The van der Waals surface area contributed by atoms with Crippen molar-refractivity contribution in [2.75, 3.05) is 0 Å². The highest BCUT2D eigenvalue weighted by Crippen LogP contribution is 2.53. The van der Waals surface area contributed by atoms with Crippen molar-refractivity contribution in [3.63, 3.8) is 0 Å². The molecule has 1 aromatic rings. The highest BCUT2D eigenvalue weighted by atomic mass is 19.4. The number of hydrogen-bond donors (Lipinski definition) is 1. The molecule has 0 radical (unpaired) electrons. The Kier molecular flexibility index (Phi) is 3.22. The molecule has 11 heteroatoms. The second-order valence-electron chi connectivity index (χ2n) is 4.53. The molecule has 1 heterocycles. The summed E-state index contributed by atoms with van der Waals surface area (Å²) in [5, 5.41) is 11.2. The summed E-state index contributed by atoms with van der Waals surface area (Å²) in [7, 11) is 0. The van der Waals surface area contributed by atoms with Crippen LogP contribution in [-0.2, 0) is 29.4 Å². The van der Waals surface area contributed by atoms with Crippen LogP contribution >= 0.6 is 0 Å². The summed E-state index contributed by atoms with van der Waals surface area (Å²) in [5.74, 6) is -9.94. The number of aromatic nitrogens is 2. The molecule has 1 N–H and O–H groups in total. The molecule has 21 heavy (non-hydrogen) atoms. The fourth-order valence-electron chi connectivity index (χ4n) is 2.18. The average molecular weight is 320 g/mol.